The van der Waals surface area contributed by atoms with Gasteiger partial charge in [-0.3, -0.25) is 0 Å². The fourth-order valence-electron chi connectivity index (χ4n) is 1.33. The van der Waals surface area contributed by atoms with Crippen molar-refractivity contribution in [2.45, 2.75) is 13.8 Å². The molecule has 0 bridgehead atoms. The molecule has 0 aliphatic heterocycles. The highest BCUT2D eigenvalue weighted by atomic mass is 35.5. The maximum absolute atomic E-state index is 8.90. The first-order chi connectivity index (χ1) is 6.63. The molecule has 0 atom stereocenters. The van der Waals surface area contributed by atoms with Gasteiger partial charge in [0.05, 0.1) is 5.69 Å². The summed E-state index contributed by atoms with van der Waals surface area (Å²) >= 11 is 5.96. The SMILES string of the molecule is Cc1cc(Cl)n2nc(C)c(C#N)c2n1. The van der Waals surface area contributed by atoms with E-state index in [1.165, 1.54) is 4.52 Å². The Morgan fingerprint density at radius 3 is 2.86 bits per heavy atom. The second-order valence-corrected chi connectivity index (χ2v) is 3.42. The van der Waals surface area contributed by atoms with Crippen molar-refractivity contribution in [2.24, 2.45) is 0 Å². The van der Waals surface area contributed by atoms with Gasteiger partial charge < -0.3 is 0 Å². The normalized spacial score (nSPS) is 10.4. The van der Waals surface area contributed by atoms with Gasteiger partial charge in [-0.1, -0.05) is 11.6 Å². The highest BCUT2D eigenvalue weighted by Crippen LogP contribution is 2.17. The van der Waals surface area contributed by atoms with Crippen LogP contribution in [0.3, 0.4) is 0 Å². The van der Waals surface area contributed by atoms with Gasteiger partial charge in [-0.25, -0.2) is 9.50 Å². The number of rotatable bonds is 0. The van der Waals surface area contributed by atoms with Crippen molar-refractivity contribution in [3.63, 3.8) is 0 Å². The molecule has 0 aromatic carbocycles. The summed E-state index contributed by atoms with van der Waals surface area (Å²) in [6, 6.07) is 3.78. The third kappa shape index (κ3) is 1.14. The number of hydrogen-bond donors (Lipinski definition) is 0. The molecule has 0 spiro atoms. The van der Waals surface area contributed by atoms with Crippen LogP contribution in [0.25, 0.3) is 5.65 Å². The largest absolute Gasteiger partial charge is 0.233 e. The average Bonchev–Trinajstić information content (AvgIpc) is 2.41. The first-order valence-electron chi connectivity index (χ1n) is 4.06. The molecule has 0 saturated carbocycles. The number of aromatic nitrogens is 3. The molecule has 14 heavy (non-hydrogen) atoms. The zero-order valence-electron chi connectivity index (χ0n) is 7.74. The molecule has 70 valence electrons. The molecular weight excluding hydrogens is 200 g/mol. The number of nitrogens with zero attached hydrogens (tertiary/aromatic N) is 4. The van der Waals surface area contributed by atoms with E-state index in [0.717, 1.165) is 5.69 Å². The molecule has 0 aliphatic carbocycles. The van der Waals surface area contributed by atoms with Crippen LogP contribution in [0.2, 0.25) is 5.15 Å². The van der Waals surface area contributed by atoms with E-state index >= 15 is 0 Å². The molecule has 0 unspecified atom stereocenters. The summed E-state index contributed by atoms with van der Waals surface area (Å²) in [7, 11) is 0. The smallest absolute Gasteiger partial charge is 0.175 e. The van der Waals surface area contributed by atoms with Crippen LogP contribution in [0.15, 0.2) is 6.07 Å². The molecule has 0 saturated heterocycles. The summed E-state index contributed by atoms with van der Waals surface area (Å²) in [5.41, 5.74) is 2.43. The zero-order valence-corrected chi connectivity index (χ0v) is 8.50. The lowest BCUT2D eigenvalue weighted by Gasteiger charge is -1.97. The van der Waals surface area contributed by atoms with Crippen LogP contribution in [0.5, 0.6) is 0 Å². The summed E-state index contributed by atoms with van der Waals surface area (Å²) in [5, 5.41) is 13.5. The summed E-state index contributed by atoms with van der Waals surface area (Å²) in [6.45, 7) is 3.59. The van der Waals surface area contributed by atoms with E-state index in [2.05, 4.69) is 16.2 Å². The highest BCUT2D eigenvalue weighted by molar-refractivity contribution is 6.29. The number of fused-ring (bicyclic) bond motifs is 1. The van der Waals surface area contributed by atoms with Gasteiger partial charge in [0.25, 0.3) is 0 Å². The van der Waals surface area contributed by atoms with Crippen molar-refractivity contribution in [1.29, 1.82) is 5.26 Å². The standard InChI is InChI=1S/C9H7ClN4/c1-5-3-8(10)14-9(12-5)7(4-11)6(2)13-14/h3H,1-2H3. The van der Waals surface area contributed by atoms with Crippen molar-refractivity contribution in [3.8, 4) is 6.07 Å². The van der Waals surface area contributed by atoms with Gasteiger partial charge in [-0.2, -0.15) is 10.4 Å². The van der Waals surface area contributed by atoms with Gasteiger partial charge in [-0.15, -0.1) is 0 Å². The minimum Gasteiger partial charge on any atom is -0.233 e. The molecule has 2 rings (SSSR count). The Labute approximate surface area is 85.7 Å². The predicted octanol–water partition coefficient (Wildman–Crippen LogP) is 1.87. The zero-order chi connectivity index (χ0) is 10.3. The topological polar surface area (TPSA) is 54.0 Å². The summed E-state index contributed by atoms with van der Waals surface area (Å²) in [4.78, 5) is 4.22. The molecule has 0 fully saturated rings. The van der Waals surface area contributed by atoms with E-state index in [0.29, 0.717) is 22.1 Å². The van der Waals surface area contributed by atoms with Gasteiger partial charge in [0.1, 0.15) is 16.8 Å². The minimum atomic E-state index is 0.470. The number of hydrogen-bond acceptors (Lipinski definition) is 3. The second-order valence-electron chi connectivity index (χ2n) is 3.03. The lowest BCUT2D eigenvalue weighted by Crippen LogP contribution is -1.94. The third-order valence-corrected chi connectivity index (χ3v) is 2.23. The average molecular weight is 207 g/mol. The van der Waals surface area contributed by atoms with Crippen LogP contribution in [0.4, 0.5) is 0 Å². The summed E-state index contributed by atoms with van der Waals surface area (Å²) in [5.74, 6) is 0. The molecule has 4 nitrogen and oxygen atoms in total. The molecule has 2 heterocycles. The molecule has 0 N–H and O–H groups in total. The van der Waals surface area contributed by atoms with Gasteiger partial charge in [0.15, 0.2) is 5.65 Å². The molecule has 2 aromatic heterocycles. The quantitative estimate of drug-likeness (QED) is 0.619. The number of nitriles is 1. The Balaban J connectivity index is 2.97. The van der Waals surface area contributed by atoms with E-state index < -0.39 is 0 Å². The van der Waals surface area contributed by atoms with Crippen LogP contribution < -0.4 is 0 Å². The molecule has 0 amide bonds. The van der Waals surface area contributed by atoms with Gasteiger partial charge in [0.2, 0.25) is 0 Å². The van der Waals surface area contributed by atoms with Crippen molar-refractivity contribution < 1.29 is 0 Å². The molecule has 0 aliphatic rings. The second kappa shape index (κ2) is 2.96. The van der Waals surface area contributed by atoms with Crippen molar-refractivity contribution in [3.05, 3.63) is 28.2 Å². The predicted molar refractivity (Wildman–Crippen MR) is 52.2 cm³/mol. The summed E-state index contributed by atoms with van der Waals surface area (Å²) in [6.07, 6.45) is 0. The fourth-order valence-corrected chi connectivity index (χ4v) is 1.61. The van der Waals surface area contributed by atoms with Crippen molar-refractivity contribution >= 4 is 17.2 Å². The van der Waals surface area contributed by atoms with Crippen LogP contribution in [0.1, 0.15) is 17.0 Å². The third-order valence-electron chi connectivity index (χ3n) is 1.96. The van der Waals surface area contributed by atoms with Crippen LogP contribution in [-0.2, 0) is 0 Å². The highest BCUT2D eigenvalue weighted by Gasteiger charge is 2.12. The molecule has 2 aromatic rings. The van der Waals surface area contributed by atoms with E-state index in [9.17, 15) is 0 Å². The maximum Gasteiger partial charge on any atom is 0.175 e. The van der Waals surface area contributed by atoms with E-state index in [4.69, 9.17) is 16.9 Å². The number of aryl methyl sites for hydroxylation is 2. The number of halogens is 1. The van der Waals surface area contributed by atoms with Gasteiger partial charge >= 0.3 is 0 Å². The maximum atomic E-state index is 8.90. The summed E-state index contributed by atoms with van der Waals surface area (Å²) < 4.78 is 1.47. The minimum absolute atomic E-state index is 0.470. The first-order valence-corrected chi connectivity index (χ1v) is 4.44. The Bertz CT molecular complexity index is 550. The van der Waals surface area contributed by atoms with Crippen molar-refractivity contribution in [1.82, 2.24) is 14.6 Å². The van der Waals surface area contributed by atoms with Crippen LogP contribution in [0, 0.1) is 25.2 Å². The van der Waals surface area contributed by atoms with Crippen LogP contribution >= 0.6 is 11.6 Å². The van der Waals surface area contributed by atoms with E-state index in [1.54, 1.807) is 13.0 Å². The molecule has 0 radical (unpaired) electrons. The Morgan fingerprint density at radius 2 is 2.21 bits per heavy atom. The fraction of sp³-hybridized carbons (Fsp3) is 0.222. The van der Waals surface area contributed by atoms with Gasteiger partial charge in [-0.05, 0) is 19.9 Å². The van der Waals surface area contributed by atoms with E-state index in [-0.39, 0.29) is 0 Å². The Hall–Kier alpha value is -1.60. The monoisotopic (exact) mass is 206 g/mol. The lowest BCUT2D eigenvalue weighted by atomic mass is 10.3. The lowest BCUT2D eigenvalue weighted by molar-refractivity contribution is 0.910. The molecule has 5 heteroatoms. The Morgan fingerprint density at radius 1 is 1.50 bits per heavy atom. The first kappa shape index (κ1) is 8.97. The van der Waals surface area contributed by atoms with Gasteiger partial charge in [0, 0.05) is 5.69 Å². The van der Waals surface area contributed by atoms with Crippen LogP contribution in [-0.4, -0.2) is 14.6 Å². The van der Waals surface area contributed by atoms with E-state index in [1.807, 2.05) is 6.92 Å². The Kier molecular flexibility index (Phi) is 1.90. The van der Waals surface area contributed by atoms with Crippen molar-refractivity contribution in [2.75, 3.05) is 0 Å². The molecular formula is C9H7ClN4.